The van der Waals surface area contributed by atoms with Crippen LogP contribution in [0.4, 0.5) is 4.79 Å². The molecule has 0 saturated carbocycles. The van der Waals surface area contributed by atoms with Crippen LogP contribution in [0.1, 0.15) is 78.6 Å². The quantitative estimate of drug-likeness (QED) is 0.114. The van der Waals surface area contributed by atoms with Crippen molar-refractivity contribution >= 4 is 18.0 Å². The van der Waals surface area contributed by atoms with E-state index in [0.29, 0.717) is 59.9 Å². The van der Waals surface area contributed by atoms with Gasteiger partial charge in [-0.1, -0.05) is 109 Å². The lowest BCUT2D eigenvalue weighted by atomic mass is 9.75. The number of fused-ring (bicyclic) bond motifs is 2. The SMILES string of the molecule is COc1cc2c(cc1OC)C(Cc1ccc(-c3ccccc3)cc1)N(C(=O)CC(C(=O)O)C1CN(C(=O)OC(C)(C)C)C(Cc3ccc(-c4ccccc4)cc3)c3cc(OC)c(OC)cc31)CC2. The van der Waals surface area contributed by atoms with Gasteiger partial charge in [-0.25, -0.2) is 4.79 Å². The van der Waals surface area contributed by atoms with Crippen molar-refractivity contribution in [1.29, 1.82) is 0 Å². The molecule has 2 heterocycles. The van der Waals surface area contributed by atoms with E-state index < -0.39 is 41.6 Å². The first-order valence-electron chi connectivity index (χ1n) is 23.1. The number of methoxy groups -OCH3 is 4. The van der Waals surface area contributed by atoms with Crippen molar-refractivity contribution in [2.45, 2.75) is 70.1 Å². The molecule has 0 aliphatic carbocycles. The van der Waals surface area contributed by atoms with E-state index in [4.69, 9.17) is 23.7 Å². The Balaban J connectivity index is 1.17. The average Bonchev–Trinajstić information content (AvgIpc) is 3.35. The van der Waals surface area contributed by atoms with Crippen molar-refractivity contribution in [3.05, 3.63) is 167 Å². The van der Waals surface area contributed by atoms with Crippen LogP contribution < -0.4 is 18.9 Å². The van der Waals surface area contributed by atoms with Crippen LogP contribution in [0.2, 0.25) is 0 Å². The first kappa shape index (κ1) is 47.2. The van der Waals surface area contributed by atoms with Gasteiger partial charge in [-0.3, -0.25) is 9.59 Å². The zero-order valence-corrected chi connectivity index (χ0v) is 39.9. The van der Waals surface area contributed by atoms with E-state index in [1.807, 2.05) is 65.6 Å². The predicted octanol–water partition coefficient (Wildman–Crippen LogP) is 11.1. The Morgan fingerprint density at radius 2 is 1.03 bits per heavy atom. The molecule has 6 aromatic carbocycles. The van der Waals surface area contributed by atoms with E-state index in [-0.39, 0.29) is 18.9 Å². The van der Waals surface area contributed by atoms with Gasteiger partial charge >= 0.3 is 12.1 Å². The zero-order valence-electron chi connectivity index (χ0n) is 39.9. The topological polar surface area (TPSA) is 124 Å². The van der Waals surface area contributed by atoms with Gasteiger partial charge in [-0.15, -0.1) is 0 Å². The predicted molar refractivity (Wildman–Crippen MR) is 263 cm³/mol. The molecule has 8 rings (SSSR count). The summed E-state index contributed by atoms with van der Waals surface area (Å²) in [5.74, 6) is -1.55. The second-order valence-electron chi connectivity index (χ2n) is 18.5. The molecule has 0 aromatic heterocycles. The standard InChI is InChI=1S/C57H60N2O9/c1-57(2,3)68-56(63)59-35-47(44-32-52(66-6)53(67-7)33-45(44)49(59)29-37-20-24-41(25-21-37)39-16-12-9-13-17-39)46(55(61)62)34-54(60)58-27-26-42-30-50(64-4)51(65-5)31-43(42)48(58)28-36-18-22-40(23-19-36)38-14-10-8-11-15-38/h8-25,30-33,46-49H,26-29,34-35H2,1-7H3,(H,61,62). The normalized spacial score (nSPS) is 17.0. The molecule has 0 bridgehead atoms. The van der Waals surface area contributed by atoms with Gasteiger partial charge in [0.1, 0.15) is 5.60 Å². The zero-order chi connectivity index (χ0) is 48.1. The molecule has 4 unspecified atom stereocenters. The number of nitrogens with zero attached hydrogens (tertiary/aromatic N) is 2. The highest BCUT2D eigenvalue weighted by Crippen LogP contribution is 2.48. The monoisotopic (exact) mass is 916 g/mol. The Morgan fingerprint density at radius 1 is 0.588 bits per heavy atom. The van der Waals surface area contributed by atoms with Gasteiger partial charge in [0.15, 0.2) is 23.0 Å². The minimum Gasteiger partial charge on any atom is -0.493 e. The van der Waals surface area contributed by atoms with Gasteiger partial charge in [-0.2, -0.15) is 0 Å². The van der Waals surface area contributed by atoms with Gasteiger partial charge in [-0.05, 0) is 120 Å². The summed E-state index contributed by atoms with van der Waals surface area (Å²) < 4.78 is 29.2. The van der Waals surface area contributed by atoms with Crippen LogP contribution in [0.15, 0.2) is 133 Å². The Bertz CT molecular complexity index is 2730. The lowest BCUT2D eigenvalue weighted by Gasteiger charge is -2.44. The molecule has 2 amide bonds. The van der Waals surface area contributed by atoms with Gasteiger partial charge in [0, 0.05) is 25.4 Å². The molecule has 0 saturated heterocycles. The average molecular weight is 917 g/mol. The van der Waals surface area contributed by atoms with Gasteiger partial charge in [0.05, 0.1) is 46.4 Å². The molecular formula is C57H60N2O9. The summed E-state index contributed by atoms with van der Waals surface area (Å²) in [5.41, 5.74) is 8.77. The molecule has 11 heteroatoms. The van der Waals surface area contributed by atoms with E-state index in [9.17, 15) is 14.7 Å². The van der Waals surface area contributed by atoms with Crippen molar-refractivity contribution in [1.82, 2.24) is 9.80 Å². The second-order valence-corrected chi connectivity index (χ2v) is 18.5. The number of ether oxygens (including phenoxy) is 5. The lowest BCUT2D eigenvalue weighted by Crippen LogP contribution is -2.48. The Hall–Kier alpha value is -7.27. The van der Waals surface area contributed by atoms with Crippen LogP contribution in [0.25, 0.3) is 22.3 Å². The number of carboxylic acid groups (broad SMARTS) is 1. The molecule has 4 atom stereocenters. The lowest BCUT2D eigenvalue weighted by molar-refractivity contribution is -0.148. The number of benzene rings is 6. The molecule has 11 nitrogen and oxygen atoms in total. The Kier molecular flexibility index (Phi) is 14.1. The minimum absolute atomic E-state index is 0.0224. The maximum Gasteiger partial charge on any atom is 0.410 e. The maximum atomic E-state index is 15.1. The minimum atomic E-state index is -1.24. The number of carbonyl (C=O) groups excluding carboxylic acids is 2. The molecular weight excluding hydrogens is 857 g/mol. The molecule has 2 aliphatic heterocycles. The largest absolute Gasteiger partial charge is 0.493 e. The number of amides is 2. The van der Waals surface area contributed by atoms with Gasteiger partial charge in [0.25, 0.3) is 0 Å². The molecule has 0 radical (unpaired) electrons. The van der Waals surface area contributed by atoms with E-state index in [1.165, 1.54) is 7.11 Å². The first-order valence-corrected chi connectivity index (χ1v) is 23.1. The smallest absolute Gasteiger partial charge is 0.410 e. The van der Waals surface area contributed by atoms with Crippen molar-refractivity contribution in [3.8, 4) is 45.3 Å². The molecule has 1 N–H and O–H groups in total. The maximum absolute atomic E-state index is 15.1. The number of aliphatic carboxylic acids is 1. The summed E-state index contributed by atoms with van der Waals surface area (Å²) in [6.07, 6.45) is 0.500. The summed E-state index contributed by atoms with van der Waals surface area (Å²) >= 11 is 0. The summed E-state index contributed by atoms with van der Waals surface area (Å²) in [6, 6.07) is 43.4. The van der Waals surface area contributed by atoms with Crippen LogP contribution in [-0.2, 0) is 33.6 Å². The summed E-state index contributed by atoms with van der Waals surface area (Å²) in [7, 11) is 6.27. The third kappa shape index (κ3) is 10.2. The van der Waals surface area contributed by atoms with E-state index in [0.717, 1.165) is 44.5 Å². The fourth-order valence-electron chi connectivity index (χ4n) is 9.84. The van der Waals surface area contributed by atoms with Gasteiger partial charge in [0.2, 0.25) is 5.91 Å². The summed E-state index contributed by atoms with van der Waals surface area (Å²) in [5, 5.41) is 11.3. The van der Waals surface area contributed by atoms with Crippen molar-refractivity contribution < 1.29 is 43.2 Å². The van der Waals surface area contributed by atoms with Crippen LogP contribution in [0.5, 0.6) is 23.0 Å². The highest BCUT2D eigenvalue weighted by Gasteiger charge is 2.45. The molecule has 352 valence electrons. The van der Waals surface area contributed by atoms with Crippen LogP contribution in [-0.4, -0.2) is 80.0 Å². The molecule has 0 spiro atoms. The van der Waals surface area contributed by atoms with Crippen LogP contribution in [0, 0.1) is 5.92 Å². The highest BCUT2D eigenvalue weighted by atomic mass is 16.6. The second kappa shape index (κ2) is 20.3. The van der Waals surface area contributed by atoms with E-state index in [1.54, 1.807) is 47.0 Å². The van der Waals surface area contributed by atoms with Gasteiger partial charge < -0.3 is 38.6 Å². The van der Waals surface area contributed by atoms with E-state index in [2.05, 4.69) is 72.8 Å². The summed E-state index contributed by atoms with van der Waals surface area (Å²) in [4.78, 5) is 46.9. The molecule has 6 aromatic rings. The highest BCUT2D eigenvalue weighted by molar-refractivity contribution is 5.84. The number of carboxylic acids is 1. The third-order valence-corrected chi connectivity index (χ3v) is 13.2. The van der Waals surface area contributed by atoms with Crippen molar-refractivity contribution in [3.63, 3.8) is 0 Å². The number of carbonyl (C=O) groups is 3. The number of hydrogen-bond donors (Lipinski definition) is 1. The third-order valence-electron chi connectivity index (χ3n) is 13.2. The molecule has 68 heavy (non-hydrogen) atoms. The number of hydrogen-bond acceptors (Lipinski definition) is 8. The molecule has 2 aliphatic rings. The van der Waals surface area contributed by atoms with Crippen molar-refractivity contribution in [2.75, 3.05) is 41.5 Å². The van der Waals surface area contributed by atoms with Crippen LogP contribution >= 0.6 is 0 Å². The molecule has 0 fully saturated rings. The Morgan fingerprint density at radius 3 is 1.50 bits per heavy atom. The number of rotatable bonds is 14. The first-order chi connectivity index (χ1) is 32.8. The fraction of sp³-hybridized carbons (Fsp3) is 0.316. The van der Waals surface area contributed by atoms with Crippen molar-refractivity contribution in [2.24, 2.45) is 5.92 Å². The van der Waals surface area contributed by atoms with E-state index >= 15 is 4.79 Å². The Labute approximate surface area is 399 Å². The fourth-order valence-corrected chi connectivity index (χ4v) is 9.84. The van der Waals surface area contributed by atoms with Crippen LogP contribution in [0.3, 0.4) is 0 Å². The summed E-state index contributed by atoms with van der Waals surface area (Å²) in [6.45, 7) is 5.76.